The minimum atomic E-state index is -0.732. The second-order valence-electron chi connectivity index (χ2n) is 6.80. The Bertz CT molecular complexity index is 1200. The molecule has 8 heteroatoms. The maximum Gasteiger partial charge on any atom is 0.242 e. The summed E-state index contributed by atoms with van der Waals surface area (Å²) >= 11 is 0. The topological polar surface area (TPSA) is 135 Å². The molecule has 1 atom stereocenters. The van der Waals surface area contributed by atoms with Crippen molar-refractivity contribution in [1.82, 2.24) is 9.97 Å². The number of azo groups is 1. The van der Waals surface area contributed by atoms with Crippen molar-refractivity contribution in [3.63, 3.8) is 0 Å². The zero-order valence-corrected chi connectivity index (χ0v) is 16.1. The number of nitrogens with zero attached hydrogens (tertiary/aromatic N) is 3. The molecule has 0 aliphatic rings. The van der Waals surface area contributed by atoms with Gasteiger partial charge in [-0.25, -0.2) is 4.98 Å². The lowest BCUT2D eigenvalue weighted by molar-refractivity contribution is -0.117. The lowest BCUT2D eigenvalue weighted by Gasteiger charge is -2.12. The van der Waals surface area contributed by atoms with Gasteiger partial charge in [0.05, 0.1) is 11.7 Å². The van der Waals surface area contributed by atoms with Gasteiger partial charge in [0, 0.05) is 17.1 Å². The van der Waals surface area contributed by atoms with Crippen LogP contribution in [0.4, 0.5) is 23.0 Å². The smallest absolute Gasteiger partial charge is 0.242 e. The number of nitrogens with one attached hydrogen (secondary N) is 2. The number of para-hydroxylation sites is 1. The van der Waals surface area contributed by atoms with Gasteiger partial charge < -0.3 is 21.8 Å². The van der Waals surface area contributed by atoms with E-state index in [9.17, 15) is 4.79 Å². The first-order valence-electron chi connectivity index (χ1n) is 9.45. The lowest BCUT2D eigenvalue weighted by Crippen LogP contribution is -2.37. The van der Waals surface area contributed by atoms with E-state index in [1.165, 1.54) is 0 Å². The third kappa shape index (κ3) is 4.34. The van der Waals surface area contributed by atoms with Crippen molar-refractivity contribution in [2.45, 2.75) is 12.5 Å². The molecule has 2 aromatic carbocycles. The minimum absolute atomic E-state index is 0.165. The van der Waals surface area contributed by atoms with E-state index in [0.717, 1.165) is 16.5 Å². The van der Waals surface area contributed by atoms with Crippen LogP contribution in [-0.2, 0) is 11.2 Å². The van der Waals surface area contributed by atoms with Crippen molar-refractivity contribution in [2.75, 3.05) is 11.1 Å². The van der Waals surface area contributed by atoms with Crippen molar-refractivity contribution < 1.29 is 4.79 Å². The normalized spacial score (nSPS) is 12.3. The molecule has 150 valence electrons. The first-order chi connectivity index (χ1) is 14.6. The number of aromatic amines is 1. The molecule has 0 aliphatic carbocycles. The maximum absolute atomic E-state index is 12.5. The number of fused-ring (bicyclic) bond motifs is 1. The molecule has 6 N–H and O–H groups in total. The Hall–Kier alpha value is -4.04. The first kappa shape index (κ1) is 19.3. The number of nitrogens with two attached hydrogens (primary N) is 2. The quantitative estimate of drug-likeness (QED) is 0.363. The molecule has 0 saturated carbocycles. The highest BCUT2D eigenvalue weighted by Gasteiger charge is 2.17. The fraction of sp³-hybridized carbons (Fsp3) is 0.0909. The third-order valence-electron chi connectivity index (χ3n) is 4.63. The Kier molecular flexibility index (Phi) is 5.49. The standard InChI is InChI=1S/C22H21N7O/c23-17(12-14-13-25-18-9-5-4-8-16(14)18)22(30)27-20-11-10-19(21(24)26-20)29-28-15-6-2-1-3-7-15/h1-11,13,17,25H,12,23H2,(H3,24,26,27,30)/b29-28+/t17-/m0/s1. The van der Waals surface area contributed by atoms with Crippen LogP contribution in [0.1, 0.15) is 5.56 Å². The number of H-pyrrole nitrogens is 1. The fourth-order valence-electron chi connectivity index (χ4n) is 3.08. The summed E-state index contributed by atoms with van der Waals surface area (Å²) in [5, 5.41) is 12.0. The summed E-state index contributed by atoms with van der Waals surface area (Å²) in [6, 6.07) is 19.7. The average molecular weight is 399 g/mol. The molecule has 0 saturated heterocycles. The Balaban J connectivity index is 1.41. The van der Waals surface area contributed by atoms with Gasteiger partial charge >= 0.3 is 0 Å². The van der Waals surface area contributed by atoms with Crippen LogP contribution in [0.3, 0.4) is 0 Å². The number of amides is 1. The molecule has 1 amide bonds. The molecule has 2 heterocycles. The summed E-state index contributed by atoms with van der Waals surface area (Å²) < 4.78 is 0. The van der Waals surface area contributed by atoms with Crippen molar-refractivity contribution >= 4 is 39.8 Å². The predicted molar refractivity (Wildman–Crippen MR) is 118 cm³/mol. The van der Waals surface area contributed by atoms with Gasteiger partial charge in [-0.1, -0.05) is 36.4 Å². The SMILES string of the molecule is Nc1nc(NC(=O)[C@@H](N)Cc2c[nH]c3ccccc23)ccc1/N=N/c1ccccc1. The molecule has 0 unspecified atom stereocenters. The summed E-state index contributed by atoms with van der Waals surface area (Å²) in [6.07, 6.45) is 2.27. The van der Waals surface area contributed by atoms with Crippen LogP contribution < -0.4 is 16.8 Å². The molecular weight excluding hydrogens is 378 g/mol. The van der Waals surface area contributed by atoms with Gasteiger partial charge in [0.2, 0.25) is 5.91 Å². The highest BCUT2D eigenvalue weighted by atomic mass is 16.2. The largest absolute Gasteiger partial charge is 0.382 e. The van der Waals surface area contributed by atoms with Gasteiger partial charge in [0.25, 0.3) is 0 Å². The van der Waals surface area contributed by atoms with E-state index >= 15 is 0 Å². The van der Waals surface area contributed by atoms with Gasteiger partial charge in [-0.2, -0.15) is 5.11 Å². The number of benzene rings is 2. The van der Waals surface area contributed by atoms with Crippen LogP contribution in [0.5, 0.6) is 0 Å². The molecule has 0 fully saturated rings. The lowest BCUT2D eigenvalue weighted by atomic mass is 10.1. The number of hydrogen-bond donors (Lipinski definition) is 4. The van der Waals surface area contributed by atoms with E-state index in [1.54, 1.807) is 12.1 Å². The van der Waals surface area contributed by atoms with Gasteiger partial charge in [-0.05, 0) is 42.3 Å². The van der Waals surface area contributed by atoms with E-state index in [-0.39, 0.29) is 11.7 Å². The predicted octanol–water partition coefficient (Wildman–Crippen LogP) is 4.07. The summed E-state index contributed by atoms with van der Waals surface area (Å²) in [6.45, 7) is 0. The second kappa shape index (κ2) is 8.54. The molecule has 4 rings (SSSR count). The number of rotatable bonds is 6. The maximum atomic E-state index is 12.5. The van der Waals surface area contributed by atoms with E-state index in [2.05, 4.69) is 25.5 Å². The summed E-state index contributed by atoms with van der Waals surface area (Å²) in [4.78, 5) is 19.9. The summed E-state index contributed by atoms with van der Waals surface area (Å²) in [5.41, 5.74) is 15.2. The number of carbonyl (C=O) groups is 1. The van der Waals surface area contributed by atoms with Crippen molar-refractivity contribution in [1.29, 1.82) is 0 Å². The number of hydrogen-bond acceptors (Lipinski definition) is 6. The van der Waals surface area contributed by atoms with Crippen molar-refractivity contribution in [3.05, 3.63) is 78.5 Å². The van der Waals surface area contributed by atoms with Crippen LogP contribution in [-0.4, -0.2) is 21.9 Å². The molecule has 0 spiro atoms. The second-order valence-corrected chi connectivity index (χ2v) is 6.80. The van der Waals surface area contributed by atoms with Crippen molar-refractivity contribution in [3.8, 4) is 0 Å². The van der Waals surface area contributed by atoms with Gasteiger partial charge in [-0.15, -0.1) is 5.11 Å². The third-order valence-corrected chi connectivity index (χ3v) is 4.63. The van der Waals surface area contributed by atoms with Gasteiger partial charge in [0.15, 0.2) is 5.82 Å². The van der Waals surface area contributed by atoms with E-state index in [4.69, 9.17) is 11.5 Å². The monoisotopic (exact) mass is 399 g/mol. The molecule has 4 aromatic rings. The number of nitrogen functional groups attached to an aromatic ring is 1. The number of carbonyl (C=O) groups excluding carboxylic acids is 1. The molecule has 0 bridgehead atoms. The molecule has 30 heavy (non-hydrogen) atoms. The first-order valence-corrected chi connectivity index (χ1v) is 9.45. The average Bonchev–Trinajstić information content (AvgIpc) is 3.17. The van der Waals surface area contributed by atoms with Gasteiger partial charge in [0.1, 0.15) is 11.5 Å². The molecule has 8 nitrogen and oxygen atoms in total. The Morgan fingerprint density at radius 1 is 1.03 bits per heavy atom. The number of aromatic nitrogens is 2. The van der Waals surface area contributed by atoms with Gasteiger partial charge in [-0.3, -0.25) is 4.79 Å². The molecular formula is C22H21N7O. The molecule has 2 aromatic heterocycles. The molecule has 0 aliphatic heterocycles. The highest BCUT2D eigenvalue weighted by molar-refractivity contribution is 5.95. The van der Waals surface area contributed by atoms with Crippen LogP contribution in [0.25, 0.3) is 10.9 Å². The van der Waals surface area contributed by atoms with Crippen LogP contribution in [0, 0.1) is 0 Å². The van der Waals surface area contributed by atoms with E-state index in [1.807, 2.05) is 60.8 Å². The fourth-order valence-corrected chi connectivity index (χ4v) is 3.08. The minimum Gasteiger partial charge on any atom is -0.382 e. The zero-order chi connectivity index (χ0) is 20.9. The zero-order valence-electron chi connectivity index (χ0n) is 16.1. The van der Waals surface area contributed by atoms with Crippen molar-refractivity contribution in [2.24, 2.45) is 16.0 Å². The number of anilines is 2. The summed E-state index contributed by atoms with van der Waals surface area (Å²) in [5.74, 6) is 0.133. The number of pyridine rings is 1. The van der Waals surface area contributed by atoms with Crippen LogP contribution >= 0.6 is 0 Å². The van der Waals surface area contributed by atoms with E-state index < -0.39 is 6.04 Å². The van der Waals surface area contributed by atoms with Crippen LogP contribution in [0.15, 0.2) is 83.2 Å². The Labute approximate surface area is 173 Å². The van der Waals surface area contributed by atoms with Crippen LogP contribution in [0.2, 0.25) is 0 Å². The molecule has 0 radical (unpaired) electrons. The summed E-state index contributed by atoms with van der Waals surface area (Å²) in [7, 11) is 0. The Morgan fingerprint density at radius 3 is 2.60 bits per heavy atom. The highest BCUT2D eigenvalue weighted by Crippen LogP contribution is 2.25. The Morgan fingerprint density at radius 2 is 1.80 bits per heavy atom. The van der Waals surface area contributed by atoms with E-state index in [0.29, 0.717) is 23.6 Å².